The molecule has 3 nitrogen and oxygen atoms in total. The van der Waals surface area contributed by atoms with Gasteiger partial charge in [0.05, 0.1) is 12.4 Å². The van der Waals surface area contributed by atoms with E-state index in [0.717, 1.165) is 16.1 Å². The summed E-state index contributed by atoms with van der Waals surface area (Å²) in [7, 11) is 0. The Morgan fingerprint density at radius 1 is 1.41 bits per heavy atom. The number of nitrogens with one attached hydrogen (secondary N) is 1. The van der Waals surface area contributed by atoms with Crippen LogP contribution in [-0.2, 0) is 9.53 Å². The van der Waals surface area contributed by atoms with Crippen LogP contribution >= 0.6 is 11.8 Å². The summed E-state index contributed by atoms with van der Waals surface area (Å²) in [6.45, 7) is 4.28. The van der Waals surface area contributed by atoms with Crippen LogP contribution in [-0.4, -0.2) is 23.3 Å². The van der Waals surface area contributed by atoms with Gasteiger partial charge in [0.25, 0.3) is 0 Å². The number of carbonyl (C=O) groups excluding carboxylic acids is 1. The molecule has 1 N–H and O–H groups in total. The van der Waals surface area contributed by atoms with Crippen molar-refractivity contribution in [2.75, 3.05) is 12.4 Å². The fraction of sp³-hybridized carbons (Fsp3) is 0.308. The number of aromatic amines is 1. The van der Waals surface area contributed by atoms with Crippen molar-refractivity contribution in [1.82, 2.24) is 4.98 Å². The average molecular weight is 249 g/mol. The lowest BCUT2D eigenvalue weighted by molar-refractivity contribution is -0.139. The molecule has 0 saturated carbocycles. The van der Waals surface area contributed by atoms with Gasteiger partial charge in [0, 0.05) is 21.5 Å². The Balaban J connectivity index is 2.18. The molecule has 2 aromatic rings. The van der Waals surface area contributed by atoms with Gasteiger partial charge in [-0.3, -0.25) is 4.79 Å². The minimum atomic E-state index is -0.165. The highest BCUT2D eigenvalue weighted by atomic mass is 32.2. The summed E-state index contributed by atoms with van der Waals surface area (Å²) < 4.78 is 4.92. The normalized spacial score (nSPS) is 10.7. The van der Waals surface area contributed by atoms with Crippen molar-refractivity contribution >= 4 is 28.6 Å². The van der Waals surface area contributed by atoms with E-state index in [9.17, 15) is 4.79 Å². The standard InChI is InChI=1S/C13H15NO2S/c1-3-16-12(15)8-17-13-9(2)14-11-7-5-4-6-10(11)13/h4-7,14H,3,8H2,1-2H3. The first-order chi connectivity index (χ1) is 8.22. The Bertz CT molecular complexity index is 533. The Kier molecular flexibility index (Phi) is 3.74. The summed E-state index contributed by atoms with van der Waals surface area (Å²) in [5.41, 5.74) is 2.21. The molecule has 0 atom stereocenters. The lowest BCUT2D eigenvalue weighted by atomic mass is 10.2. The van der Waals surface area contributed by atoms with Crippen LogP contribution in [0.4, 0.5) is 0 Å². The van der Waals surface area contributed by atoms with E-state index in [-0.39, 0.29) is 5.97 Å². The van der Waals surface area contributed by atoms with Crippen molar-refractivity contribution < 1.29 is 9.53 Å². The van der Waals surface area contributed by atoms with Crippen molar-refractivity contribution in [2.24, 2.45) is 0 Å². The number of esters is 1. The quantitative estimate of drug-likeness (QED) is 0.668. The van der Waals surface area contributed by atoms with Gasteiger partial charge in [-0.15, -0.1) is 11.8 Å². The molecule has 90 valence electrons. The van der Waals surface area contributed by atoms with Crippen molar-refractivity contribution in [2.45, 2.75) is 18.7 Å². The zero-order chi connectivity index (χ0) is 12.3. The molecule has 17 heavy (non-hydrogen) atoms. The molecule has 0 fully saturated rings. The summed E-state index contributed by atoms with van der Waals surface area (Å²) >= 11 is 1.53. The topological polar surface area (TPSA) is 42.1 Å². The van der Waals surface area contributed by atoms with Gasteiger partial charge in [-0.05, 0) is 19.9 Å². The lowest BCUT2D eigenvalue weighted by Crippen LogP contribution is -2.06. The van der Waals surface area contributed by atoms with Gasteiger partial charge in [0.2, 0.25) is 0 Å². The number of H-pyrrole nitrogens is 1. The average Bonchev–Trinajstić information content (AvgIpc) is 2.62. The number of ether oxygens (including phenoxy) is 1. The van der Waals surface area contributed by atoms with Crippen LogP contribution in [0.1, 0.15) is 12.6 Å². The molecule has 0 aliphatic heterocycles. The number of rotatable bonds is 4. The highest BCUT2D eigenvalue weighted by Crippen LogP contribution is 2.31. The third-order valence-electron chi connectivity index (χ3n) is 2.47. The molecular weight excluding hydrogens is 234 g/mol. The summed E-state index contributed by atoms with van der Waals surface area (Å²) in [5.74, 6) is 0.193. The van der Waals surface area contributed by atoms with E-state index in [1.807, 2.05) is 32.0 Å². The van der Waals surface area contributed by atoms with Gasteiger partial charge in [0.1, 0.15) is 0 Å². The maximum Gasteiger partial charge on any atom is 0.316 e. The van der Waals surface area contributed by atoms with Crippen LogP contribution < -0.4 is 0 Å². The number of thioether (sulfide) groups is 1. The first-order valence-electron chi connectivity index (χ1n) is 5.58. The molecule has 0 spiro atoms. The van der Waals surface area contributed by atoms with Crippen LogP contribution in [0.3, 0.4) is 0 Å². The van der Waals surface area contributed by atoms with Crippen molar-refractivity contribution in [1.29, 1.82) is 0 Å². The van der Waals surface area contributed by atoms with Crippen molar-refractivity contribution in [3.63, 3.8) is 0 Å². The number of hydrogen-bond acceptors (Lipinski definition) is 3. The molecule has 0 unspecified atom stereocenters. The Labute approximate surface area is 105 Å². The maximum atomic E-state index is 11.3. The van der Waals surface area contributed by atoms with Gasteiger partial charge in [-0.25, -0.2) is 0 Å². The van der Waals surface area contributed by atoms with Crippen molar-refractivity contribution in [3.05, 3.63) is 30.0 Å². The van der Waals surface area contributed by atoms with Gasteiger partial charge < -0.3 is 9.72 Å². The first kappa shape index (κ1) is 12.0. The fourth-order valence-corrected chi connectivity index (χ4v) is 2.72. The SMILES string of the molecule is CCOC(=O)CSc1c(C)[nH]c2ccccc12. The number of benzene rings is 1. The fourth-order valence-electron chi connectivity index (χ4n) is 1.77. The second-order valence-electron chi connectivity index (χ2n) is 3.72. The highest BCUT2D eigenvalue weighted by Gasteiger charge is 2.10. The predicted octanol–water partition coefficient (Wildman–Crippen LogP) is 3.13. The molecule has 0 aliphatic carbocycles. The Hall–Kier alpha value is -1.42. The van der Waals surface area contributed by atoms with Crippen LogP contribution in [0.5, 0.6) is 0 Å². The second kappa shape index (κ2) is 5.27. The number of carbonyl (C=O) groups is 1. The monoisotopic (exact) mass is 249 g/mol. The predicted molar refractivity (Wildman–Crippen MR) is 70.4 cm³/mol. The molecule has 0 bridgehead atoms. The molecule has 1 heterocycles. The number of aromatic nitrogens is 1. The van der Waals surface area contributed by atoms with E-state index in [0.29, 0.717) is 12.4 Å². The smallest absolute Gasteiger partial charge is 0.316 e. The minimum Gasteiger partial charge on any atom is -0.465 e. The number of hydrogen-bond donors (Lipinski definition) is 1. The largest absolute Gasteiger partial charge is 0.465 e. The Morgan fingerprint density at radius 3 is 2.94 bits per heavy atom. The molecule has 0 amide bonds. The van der Waals surface area contributed by atoms with E-state index in [4.69, 9.17) is 4.74 Å². The zero-order valence-corrected chi connectivity index (χ0v) is 10.8. The molecule has 0 aliphatic rings. The number of fused-ring (bicyclic) bond motifs is 1. The van der Waals surface area contributed by atoms with E-state index < -0.39 is 0 Å². The molecule has 1 aromatic heterocycles. The summed E-state index contributed by atoms with van der Waals surface area (Å²) in [6, 6.07) is 8.10. The van der Waals surface area contributed by atoms with Crippen LogP contribution in [0.2, 0.25) is 0 Å². The number of aryl methyl sites for hydroxylation is 1. The van der Waals surface area contributed by atoms with Gasteiger partial charge in [-0.1, -0.05) is 18.2 Å². The Morgan fingerprint density at radius 2 is 2.18 bits per heavy atom. The van der Waals surface area contributed by atoms with Crippen LogP contribution in [0.15, 0.2) is 29.2 Å². The minimum absolute atomic E-state index is 0.165. The van der Waals surface area contributed by atoms with Crippen LogP contribution in [0, 0.1) is 6.92 Å². The summed E-state index contributed by atoms with van der Waals surface area (Å²) in [4.78, 5) is 15.8. The maximum absolute atomic E-state index is 11.3. The van der Waals surface area contributed by atoms with E-state index in [2.05, 4.69) is 11.1 Å². The van der Waals surface area contributed by atoms with Crippen molar-refractivity contribution in [3.8, 4) is 0 Å². The summed E-state index contributed by atoms with van der Waals surface area (Å²) in [6.07, 6.45) is 0. The zero-order valence-electron chi connectivity index (χ0n) is 9.95. The second-order valence-corrected chi connectivity index (χ2v) is 4.70. The highest BCUT2D eigenvalue weighted by molar-refractivity contribution is 8.00. The van der Waals surface area contributed by atoms with Crippen LogP contribution in [0.25, 0.3) is 10.9 Å². The molecule has 1 aromatic carbocycles. The molecule has 2 rings (SSSR count). The van der Waals surface area contributed by atoms with Gasteiger partial charge in [-0.2, -0.15) is 0 Å². The van der Waals surface area contributed by atoms with E-state index in [1.165, 1.54) is 17.1 Å². The molecule has 0 saturated heterocycles. The third-order valence-corrected chi connectivity index (χ3v) is 3.67. The first-order valence-corrected chi connectivity index (χ1v) is 6.56. The molecule has 4 heteroatoms. The van der Waals surface area contributed by atoms with Gasteiger partial charge >= 0.3 is 5.97 Å². The third kappa shape index (κ3) is 2.64. The molecular formula is C13H15NO2S. The van der Waals surface area contributed by atoms with E-state index in [1.54, 1.807) is 0 Å². The summed E-state index contributed by atoms with van der Waals surface area (Å²) in [5, 5.41) is 1.17. The van der Waals surface area contributed by atoms with Gasteiger partial charge in [0.15, 0.2) is 0 Å². The number of para-hydroxylation sites is 1. The lowest BCUT2D eigenvalue weighted by Gasteiger charge is -2.02. The molecule has 0 radical (unpaired) electrons. The van der Waals surface area contributed by atoms with E-state index >= 15 is 0 Å².